The van der Waals surface area contributed by atoms with E-state index in [0.29, 0.717) is 13.0 Å². The Morgan fingerprint density at radius 1 is 1.04 bits per heavy atom. The molecular weight excluding hydrogens is 300 g/mol. The van der Waals surface area contributed by atoms with E-state index in [1.54, 1.807) is 6.33 Å². The van der Waals surface area contributed by atoms with Crippen LogP contribution < -0.4 is 10.6 Å². The summed E-state index contributed by atoms with van der Waals surface area (Å²) in [6.07, 6.45) is 2.74. The highest BCUT2D eigenvalue weighted by Crippen LogP contribution is 2.18. The molecule has 1 amide bonds. The van der Waals surface area contributed by atoms with Crippen molar-refractivity contribution >= 4 is 28.3 Å². The van der Waals surface area contributed by atoms with Gasteiger partial charge in [0.2, 0.25) is 5.91 Å². The van der Waals surface area contributed by atoms with Gasteiger partial charge in [-0.3, -0.25) is 4.79 Å². The van der Waals surface area contributed by atoms with Gasteiger partial charge in [-0.25, -0.2) is 9.97 Å². The number of carbonyl (C=O) groups is 1. The van der Waals surface area contributed by atoms with Crippen LogP contribution in [0.25, 0.3) is 10.9 Å². The normalized spacial score (nSPS) is 10.5. The molecule has 1 aromatic heterocycles. The quantitative estimate of drug-likeness (QED) is 0.679. The Kier molecular flexibility index (Phi) is 5.01. The molecule has 5 heteroatoms. The van der Waals surface area contributed by atoms with Gasteiger partial charge >= 0.3 is 0 Å². The van der Waals surface area contributed by atoms with Gasteiger partial charge in [0.05, 0.1) is 5.52 Å². The molecule has 3 rings (SSSR count). The lowest BCUT2D eigenvalue weighted by Gasteiger charge is -2.08. The van der Waals surface area contributed by atoms with Crippen molar-refractivity contribution in [3.63, 3.8) is 0 Å². The first kappa shape index (κ1) is 15.9. The van der Waals surface area contributed by atoms with E-state index in [1.807, 2.05) is 55.5 Å². The van der Waals surface area contributed by atoms with Crippen molar-refractivity contribution in [1.29, 1.82) is 0 Å². The van der Waals surface area contributed by atoms with Gasteiger partial charge in [-0.15, -0.1) is 0 Å². The number of nitrogens with one attached hydrogen (secondary N) is 2. The number of hydrogen-bond acceptors (Lipinski definition) is 4. The second-order valence-electron chi connectivity index (χ2n) is 5.68. The monoisotopic (exact) mass is 320 g/mol. The fraction of sp³-hybridized carbons (Fsp3) is 0.211. The minimum Gasteiger partial charge on any atom is -0.369 e. The lowest BCUT2D eigenvalue weighted by Crippen LogP contribution is -2.13. The molecule has 0 saturated heterocycles. The van der Waals surface area contributed by atoms with Crippen LogP contribution in [0.3, 0.4) is 0 Å². The van der Waals surface area contributed by atoms with Gasteiger partial charge in [0.25, 0.3) is 0 Å². The molecule has 0 saturated carbocycles. The third-order valence-corrected chi connectivity index (χ3v) is 3.75. The number of aromatic nitrogens is 2. The number of carbonyl (C=O) groups excluding carboxylic acids is 1. The van der Waals surface area contributed by atoms with Crippen LogP contribution in [-0.2, 0) is 4.79 Å². The number of anilines is 2. The molecule has 0 fully saturated rings. The fourth-order valence-corrected chi connectivity index (χ4v) is 2.46. The van der Waals surface area contributed by atoms with Crippen molar-refractivity contribution < 1.29 is 4.79 Å². The first-order valence-electron chi connectivity index (χ1n) is 8.02. The van der Waals surface area contributed by atoms with E-state index >= 15 is 0 Å². The summed E-state index contributed by atoms with van der Waals surface area (Å²) in [6.45, 7) is 2.70. The highest BCUT2D eigenvalue weighted by molar-refractivity contribution is 5.91. The molecular formula is C19H20N4O. The number of benzene rings is 2. The lowest BCUT2D eigenvalue weighted by atomic mass is 10.2. The third kappa shape index (κ3) is 4.07. The van der Waals surface area contributed by atoms with Crippen molar-refractivity contribution in [1.82, 2.24) is 9.97 Å². The molecule has 5 nitrogen and oxygen atoms in total. The maximum absolute atomic E-state index is 12.0. The largest absolute Gasteiger partial charge is 0.369 e. The summed E-state index contributed by atoms with van der Waals surface area (Å²) >= 11 is 0. The number of amides is 1. The Hall–Kier alpha value is -2.95. The minimum atomic E-state index is 0.0215. The predicted molar refractivity (Wildman–Crippen MR) is 97.1 cm³/mol. The molecule has 3 aromatic rings. The second-order valence-corrected chi connectivity index (χ2v) is 5.68. The van der Waals surface area contributed by atoms with Gasteiger partial charge in [-0.1, -0.05) is 29.8 Å². The fourth-order valence-electron chi connectivity index (χ4n) is 2.46. The van der Waals surface area contributed by atoms with E-state index in [2.05, 4.69) is 20.6 Å². The van der Waals surface area contributed by atoms with Crippen LogP contribution >= 0.6 is 0 Å². The van der Waals surface area contributed by atoms with E-state index in [1.165, 1.54) is 5.56 Å². The average Bonchev–Trinajstić information content (AvgIpc) is 2.61. The predicted octanol–water partition coefficient (Wildman–Crippen LogP) is 3.77. The van der Waals surface area contributed by atoms with Crippen molar-refractivity contribution in [2.45, 2.75) is 19.8 Å². The maximum Gasteiger partial charge on any atom is 0.224 e. The first-order chi connectivity index (χ1) is 11.7. The number of aryl methyl sites for hydroxylation is 1. The lowest BCUT2D eigenvalue weighted by molar-refractivity contribution is -0.116. The highest BCUT2D eigenvalue weighted by atomic mass is 16.1. The van der Waals surface area contributed by atoms with E-state index in [0.717, 1.165) is 28.8 Å². The van der Waals surface area contributed by atoms with E-state index in [-0.39, 0.29) is 5.91 Å². The Bertz CT molecular complexity index is 825. The van der Waals surface area contributed by atoms with Crippen LogP contribution in [-0.4, -0.2) is 22.4 Å². The molecule has 0 radical (unpaired) electrons. The minimum absolute atomic E-state index is 0.0215. The van der Waals surface area contributed by atoms with Crippen molar-refractivity contribution in [3.8, 4) is 0 Å². The molecule has 0 aliphatic rings. The molecule has 0 spiro atoms. The van der Waals surface area contributed by atoms with Gasteiger partial charge in [0, 0.05) is 24.0 Å². The Labute approximate surface area is 141 Å². The van der Waals surface area contributed by atoms with Crippen LogP contribution in [0.1, 0.15) is 18.4 Å². The third-order valence-electron chi connectivity index (χ3n) is 3.75. The summed E-state index contributed by atoms with van der Waals surface area (Å²) in [4.78, 5) is 20.5. The van der Waals surface area contributed by atoms with Crippen molar-refractivity contribution in [3.05, 3.63) is 60.4 Å². The summed E-state index contributed by atoms with van der Waals surface area (Å²) in [5.41, 5.74) is 2.92. The first-order valence-corrected chi connectivity index (χ1v) is 8.02. The summed E-state index contributed by atoms with van der Waals surface area (Å²) in [6, 6.07) is 15.7. The average molecular weight is 320 g/mol. The molecule has 122 valence electrons. The van der Waals surface area contributed by atoms with Gasteiger partial charge in [-0.05, 0) is 37.6 Å². The van der Waals surface area contributed by atoms with Crippen molar-refractivity contribution in [2.75, 3.05) is 17.2 Å². The zero-order valence-electron chi connectivity index (χ0n) is 13.6. The number of rotatable bonds is 6. The Balaban J connectivity index is 1.48. The standard InChI is InChI=1S/C19H20N4O/c1-14-8-10-15(11-9-14)23-18(24)7-4-12-20-19-16-5-2-3-6-17(16)21-13-22-19/h2-3,5-6,8-11,13H,4,7,12H2,1H3,(H,23,24)(H,20,21,22). The number of hydrogen-bond donors (Lipinski definition) is 2. The molecule has 0 unspecified atom stereocenters. The molecule has 0 atom stereocenters. The summed E-state index contributed by atoms with van der Waals surface area (Å²) < 4.78 is 0. The molecule has 1 heterocycles. The molecule has 0 aliphatic carbocycles. The zero-order chi connectivity index (χ0) is 16.8. The molecule has 24 heavy (non-hydrogen) atoms. The molecule has 2 N–H and O–H groups in total. The van der Waals surface area contributed by atoms with Crippen LogP contribution in [0.15, 0.2) is 54.9 Å². The van der Waals surface area contributed by atoms with E-state index in [4.69, 9.17) is 0 Å². The topological polar surface area (TPSA) is 66.9 Å². The van der Waals surface area contributed by atoms with Gasteiger partial charge in [0.1, 0.15) is 12.1 Å². The van der Waals surface area contributed by atoms with E-state index in [9.17, 15) is 4.79 Å². The van der Waals surface area contributed by atoms with Gasteiger partial charge in [-0.2, -0.15) is 0 Å². The summed E-state index contributed by atoms with van der Waals surface area (Å²) in [7, 11) is 0. The smallest absolute Gasteiger partial charge is 0.224 e. The van der Waals surface area contributed by atoms with Crippen LogP contribution in [0.2, 0.25) is 0 Å². The zero-order valence-corrected chi connectivity index (χ0v) is 13.6. The molecule has 0 aliphatic heterocycles. The second kappa shape index (κ2) is 7.55. The summed E-state index contributed by atoms with van der Waals surface area (Å²) in [5, 5.41) is 7.18. The van der Waals surface area contributed by atoms with Crippen LogP contribution in [0, 0.1) is 6.92 Å². The summed E-state index contributed by atoms with van der Waals surface area (Å²) in [5.74, 6) is 0.827. The number of fused-ring (bicyclic) bond motifs is 1. The molecule has 0 bridgehead atoms. The maximum atomic E-state index is 12.0. The number of nitrogens with zero attached hydrogens (tertiary/aromatic N) is 2. The highest BCUT2D eigenvalue weighted by Gasteiger charge is 2.04. The van der Waals surface area contributed by atoms with Crippen LogP contribution in [0.4, 0.5) is 11.5 Å². The van der Waals surface area contributed by atoms with Gasteiger partial charge < -0.3 is 10.6 Å². The number of para-hydroxylation sites is 1. The Morgan fingerprint density at radius 2 is 1.83 bits per heavy atom. The SMILES string of the molecule is Cc1ccc(NC(=O)CCCNc2ncnc3ccccc23)cc1. The van der Waals surface area contributed by atoms with Crippen molar-refractivity contribution in [2.24, 2.45) is 0 Å². The van der Waals surface area contributed by atoms with E-state index < -0.39 is 0 Å². The Morgan fingerprint density at radius 3 is 2.67 bits per heavy atom. The van der Waals surface area contributed by atoms with Gasteiger partial charge in [0.15, 0.2) is 0 Å². The van der Waals surface area contributed by atoms with Crippen LogP contribution in [0.5, 0.6) is 0 Å². The molecule has 2 aromatic carbocycles.